The summed E-state index contributed by atoms with van der Waals surface area (Å²) >= 11 is 0. The van der Waals surface area contributed by atoms with E-state index in [0.717, 1.165) is 6.42 Å². The summed E-state index contributed by atoms with van der Waals surface area (Å²) in [6, 6.07) is 8.72. The van der Waals surface area contributed by atoms with E-state index in [1.54, 1.807) is 37.3 Å². The Hall–Kier alpha value is -2.18. The van der Waals surface area contributed by atoms with Gasteiger partial charge in [-0.05, 0) is 38.0 Å². The number of esters is 2. The predicted molar refractivity (Wildman–Crippen MR) is 93.3 cm³/mol. The fourth-order valence-electron chi connectivity index (χ4n) is 4.20. The molecular formula is C20H24O6. The second-order valence-electron chi connectivity index (χ2n) is 6.88. The molecule has 0 aromatic heterocycles. The summed E-state index contributed by atoms with van der Waals surface area (Å²) in [5, 5.41) is 0. The molecule has 6 heteroatoms. The van der Waals surface area contributed by atoms with E-state index in [4.69, 9.17) is 18.9 Å². The molecule has 1 aromatic rings. The minimum Gasteiger partial charge on any atom is -0.468 e. The van der Waals surface area contributed by atoms with Crippen LogP contribution in [0.1, 0.15) is 30.1 Å². The third-order valence-corrected chi connectivity index (χ3v) is 5.52. The summed E-state index contributed by atoms with van der Waals surface area (Å²) in [4.78, 5) is 25.6. The molecule has 0 unspecified atom stereocenters. The Bertz CT molecular complexity index is 700. The largest absolute Gasteiger partial charge is 0.468 e. The van der Waals surface area contributed by atoms with Gasteiger partial charge in [0.15, 0.2) is 0 Å². The van der Waals surface area contributed by atoms with Crippen LogP contribution in [0.25, 0.3) is 0 Å². The Kier molecular flexibility index (Phi) is 5.16. The summed E-state index contributed by atoms with van der Waals surface area (Å²) < 4.78 is 21.9. The van der Waals surface area contributed by atoms with E-state index in [0.29, 0.717) is 12.0 Å². The van der Waals surface area contributed by atoms with Gasteiger partial charge < -0.3 is 18.9 Å². The molecule has 0 saturated heterocycles. The van der Waals surface area contributed by atoms with E-state index in [-0.39, 0.29) is 12.7 Å². The molecule has 2 bridgehead atoms. The van der Waals surface area contributed by atoms with Crippen LogP contribution in [0, 0.1) is 11.3 Å². The maximum atomic E-state index is 12.9. The molecule has 0 heterocycles. The van der Waals surface area contributed by atoms with Gasteiger partial charge in [0, 0.05) is 13.0 Å². The van der Waals surface area contributed by atoms with Crippen LogP contribution in [0.5, 0.6) is 0 Å². The first-order chi connectivity index (χ1) is 12.5. The quantitative estimate of drug-likeness (QED) is 0.441. The van der Waals surface area contributed by atoms with Crippen LogP contribution in [0.4, 0.5) is 0 Å². The number of hydrogen-bond acceptors (Lipinski definition) is 6. The number of fused-ring (bicyclic) bond motifs is 2. The standard InChI is InChI=1S/C20H24O6/c1-19(26-17(21)15-7-5-4-6-8-15)11-9-14-10-12-20(19,18(22)24-3)16(14)25-13-23-2/h4-9,11,14,16H,10,12-13H2,1-3H3/t14-,16-,19+,20+/m1/s1. The SMILES string of the molecule is COCO[C@@H]1[C@@H]2C=C[C@](C)(OC(=O)c3ccccc3)[C@@]1(C(=O)OC)CC2. The van der Waals surface area contributed by atoms with Crippen LogP contribution in [0.15, 0.2) is 42.5 Å². The van der Waals surface area contributed by atoms with E-state index in [9.17, 15) is 9.59 Å². The number of methoxy groups -OCH3 is 2. The molecule has 4 atom stereocenters. The minimum atomic E-state index is -1.18. The molecule has 0 amide bonds. The summed E-state index contributed by atoms with van der Waals surface area (Å²) in [5.41, 5.74) is -1.86. The highest BCUT2D eigenvalue weighted by Gasteiger charge is 2.67. The van der Waals surface area contributed by atoms with E-state index in [1.807, 2.05) is 12.1 Å². The van der Waals surface area contributed by atoms with Crippen molar-refractivity contribution < 1.29 is 28.5 Å². The average molecular weight is 360 g/mol. The van der Waals surface area contributed by atoms with E-state index >= 15 is 0 Å². The Labute approximate surface area is 153 Å². The van der Waals surface area contributed by atoms with Gasteiger partial charge in [0.1, 0.15) is 17.8 Å². The number of rotatable bonds is 6. The first-order valence-corrected chi connectivity index (χ1v) is 8.65. The normalized spacial score (nSPS) is 32.3. The lowest BCUT2D eigenvalue weighted by Gasteiger charge is -2.47. The van der Waals surface area contributed by atoms with Crippen molar-refractivity contribution in [1.29, 1.82) is 0 Å². The average Bonchev–Trinajstić information content (AvgIpc) is 2.97. The number of benzene rings is 1. The Morgan fingerprint density at radius 1 is 1.19 bits per heavy atom. The van der Waals surface area contributed by atoms with Crippen LogP contribution >= 0.6 is 0 Å². The fourth-order valence-corrected chi connectivity index (χ4v) is 4.20. The zero-order valence-electron chi connectivity index (χ0n) is 15.3. The molecule has 0 radical (unpaired) electrons. The summed E-state index contributed by atoms with van der Waals surface area (Å²) in [6.45, 7) is 1.79. The molecule has 1 aromatic carbocycles. The van der Waals surface area contributed by atoms with Crippen molar-refractivity contribution in [1.82, 2.24) is 0 Å². The van der Waals surface area contributed by atoms with Crippen molar-refractivity contribution in [3.63, 3.8) is 0 Å². The third kappa shape index (κ3) is 2.83. The molecule has 26 heavy (non-hydrogen) atoms. The van der Waals surface area contributed by atoms with Crippen molar-refractivity contribution in [2.75, 3.05) is 21.0 Å². The van der Waals surface area contributed by atoms with E-state index in [2.05, 4.69) is 0 Å². The van der Waals surface area contributed by atoms with Crippen LogP contribution in [-0.4, -0.2) is 44.7 Å². The molecule has 0 spiro atoms. The molecule has 2 aliphatic carbocycles. The van der Waals surface area contributed by atoms with E-state index < -0.39 is 29.1 Å². The molecule has 3 rings (SSSR count). The molecule has 2 aliphatic rings. The second kappa shape index (κ2) is 7.21. The summed E-state index contributed by atoms with van der Waals surface area (Å²) in [6.07, 6.45) is 4.54. The fraction of sp³-hybridized carbons (Fsp3) is 0.500. The van der Waals surface area contributed by atoms with Crippen LogP contribution < -0.4 is 0 Å². The van der Waals surface area contributed by atoms with Gasteiger partial charge >= 0.3 is 11.9 Å². The number of carbonyl (C=O) groups is 2. The summed E-state index contributed by atoms with van der Waals surface area (Å²) in [5.74, 6) is -0.876. The van der Waals surface area contributed by atoms with Gasteiger partial charge in [-0.1, -0.05) is 24.3 Å². The topological polar surface area (TPSA) is 71.1 Å². The van der Waals surface area contributed by atoms with Gasteiger partial charge in [-0.2, -0.15) is 0 Å². The lowest BCUT2D eigenvalue weighted by molar-refractivity contribution is -0.197. The Morgan fingerprint density at radius 2 is 1.92 bits per heavy atom. The minimum absolute atomic E-state index is 0.0488. The lowest BCUT2D eigenvalue weighted by Crippen LogP contribution is -2.60. The second-order valence-corrected chi connectivity index (χ2v) is 6.88. The highest BCUT2D eigenvalue weighted by atomic mass is 16.7. The van der Waals surface area contributed by atoms with Crippen LogP contribution in [-0.2, 0) is 23.7 Å². The van der Waals surface area contributed by atoms with Gasteiger partial charge in [-0.25, -0.2) is 4.79 Å². The Morgan fingerprint density at radius 3 is 2.58 bits per heavy atom. The maximum Gasteiger partial charge on any atom is 0.339 e. The van der Waals surface area contributed by atoms with Crippen molar-refractivity contribution in [2.24, 2.45) is 11.3 Å². The summed E-state index contributed by atoms with van der Waals surface area (Å²) in [7, 11) is 2.87. The lowest BCUT2D eigenvalue weighted by atomic mass is 9.66. The number of hydrogen-bond donors (Lipinski definition) is 0. The Balaban J connectivity index is 1.98. The monoisotopic (exact) mass is 360 g/mol. The van der Waals surface area contributed by atoms with Crippen molar-refractivity contribution >= 4 is 11.9 Å². The highest BCUT2D eigenvalue weighted by Crippen LogP contribution is 2.57. The van der Waals surface area contributed by atoms with Crippen LogP contribution in [0.3, 0.4) is 0 Å². The van der Waals surface area contributed by atoms with E-state index in [1.165, 1.54) is 14.2 Å². The molecule has 1 saturated carbocycles. The molecule has 0 aliphatic heterocycles. The molecule has 6 nitrogen and oxygen atoms in total. The smallest absolute Gasteiger partial charge is 0.339 e. The zero-order valence-corrected chi connectivity index (χ0v) is 15.3. The van der Waals surface area contributed by atoms with Gasteiger partial charge in [0.25, 0.3) is 0 Å². The molecule has 1 fully saturated rings. The molecule has 0 N–H and O–H groups in total. The predicted octanol–water partition coefficient (Wildman–Crippen LogP) is 2.73. The van der Waals surface area contributed by atoms with Crippen molar-refractivity contribution in [2.45, 2.75) is 31.5 Å². The first-order valence-electron chi connectivity index (χ1n) is 8.65. The van der Waals surface area contributed by atoms with Crippen molar-refractivity contribution in [3.8, 4) is 0 Å². The maximum absolute atomic E-state index is 12.9. The van der Waals surface area contributed by atoms with Gasteiger partial charge in [-0.3, -0.25) is 4.79 Å². The van der Waals surface area contributed by atoms with Gasteiger partial charge in [0.2, 0.25) is 0 Å². The van der Waals surface area contributed by atoms with Crippen LogP contribution in [0.2, 0.25) is 0 Å². The number of ether oxygens (including phenoxy) is 4. The van der Waals surface area contributed by atoms with Gasteiger partial charge in [0.05, 0.1) is 18.8 Å². The molecule has 140 valence electrons. The zero-order chi connectivity index (χ0) is 18.8. The third-order valence-electron chi connectivity index (χ3n) is 5.52. The number of carbonyl (C=O) groups excluding carboxylic acids is 2. The molecular weight excluding hydrogens is 336 g/mol. The van der Waals surface area contributed by atoms with Crippen molar-refractivity contribution in [3.05, 3.63) is 48.0 Å². The highest BCUT2D eigenvalue weighted by molar-refractivity contribution is 5.90. The first kappa shape index (κ1) is 18.6. The van der Waals surface area contributed by atoms with Gasteiger partial charge in [-0.15, -0.1) is 0 Å².